The first-order valence-electron chi connectivity index (χ1n) is 7.80. The van der Waals surface area contributed by atoms with Gasteiger partial charge in [-0.25, -0.2) is 9.98 Å². The Bertz CT molecular complexity index is 544. The number of guanidine groups is 1. The van der Waals surface area contributed by atoms with Crippen LogP contribution in [0.15, 0.2) is 11.2 Å². The van der Waals surface area contributed by atoms with Crippen molar-refractivity contribution in [3.05, 3.63) is 16.1 Å². The Morgan fingerprint density at radius 2 is 2.29 bits per heavy atom. The number of hydrogen-bond donors (Lipinski definition) is 2. The molecule has 2 rings (SSSR count). The summed E-state index contributed by atoms with van der Waals surface area (Å²) in [4.78, 5) is 23.1. The highest BCUT2D eigenvalue weighted by molar-refractivity contribution is 14.0. The Kier molecular flexibility index (Phi) is 9.52. The summed E-state index contributed by atoms with van der Waals surface area (Å²) in [5, 5.41) is 7.47. The summed E-state index contributed by atoms with van der Waals surface area (Å²) in [5.41, 5.74) is 0. The molecular weight excluding hydrogens is 441 g/mol. The Balaban J connectivity index is 0.00000288. The van der Waals surface area contributed by atoms with E-state index in [1.807, 2.05) is 13.1 Å². The number of aryl methyl sites for hydroxylation is 1. The van der Waals surface area contributed by atoms with Gasteiger partial charge in [-0.05, 0) is 19.8 Å². The molecule has 0 bridgehead atoms. The molecule has 0 saturated carbocycles. The number of ether oxygens (including phenoxy) is 1. The summed E-state index contributed by atoms with van der Waals surface area (Å²) in [6, 6.07) is 0. The van der Waals surface area contributed by atoms with Crippen molar-refractivity contribution in [2.24, 2.45) is 4.99 Å². The number of carbonyl (C=O) groups is 1. The van der Waals surface area contributed by atoms with Gasteiger partial charge in [0.05, 0.1) is 12.6 Å². The lowest BCUT2D eigenvalue weighted by molar-refractivity contribution is -0.127. The van der Waals surface area contributed by atoms with Crippen LogP contribution in [0.25, 0.3) is 0 Å². The van der Waals surface area contributed by atoms with E-state index < -0.39 is 0 Å². The van der Waals surface area contributed by atoms with E-state index >= 15 is 0 Å². The lowest BCUT2D eigenvalue weighted by Gasteiger charge is -2.15. The van der Waals surface area contributed by atoms with Crippen molar-refractivity contribution in [1.29, 1.82) is 0 Å². The normalized spacial score (nSPS) is 17.3. The number of thiazole rings is 1. The van der Waals surface area contributed by atoms with Crippen molar-refractivity contribution < 1.29 is 9.53 Å². The van der Waals surface area contributed by atoms with E-state index in [0.717, 1.165) is 24.5 Å². The molecule has 24 heavy (non-hydrogen) atoms. The molecule has 0 aromatic carbocycles. The van der Waals surface area contributed by atoms with Gasteiger partial charge >= 0.3 is 0 Å². The molecule has 0 aliphatic carbocycles. The van der Waals surface area contributed by atoms with Crippen molar-refractivity contribution >= 4 is 47.2 Å². The molecule has 1 aliphatic rings. The number of aromatic nitrogens is 1. The smallest absolute Gasteiger partial charge is 0.243 e. The van der Waals surface area contributed by atoms with Gasteiger partial charge in [-0.15, -0.1) is 35.3 Å². The molecule has 2 N–H and O–H groups in total. The summed E-state index contributed by atoms with van der Waals surface area (Å²) in [7, 11) is 3.45. The van der Waals surface area contributed by atoms with Crippen molar-refractivity contribution in [3.63, 3.8) is 0 Å². The first kappa shape index (κ1) is 21.1. The monoisotopic (exact) mass is 467 g/mol. The summed E-state index contributed by atoms with van der Waals surface area (Å²) >= 11 is 1.65. The zero-order chi connectivity index (χ0) is 16.7. The van der Waals surface area contributed by atoms with E-state index in [1.165, 1.54) is 9.78 Å². The Hall–Kier alpha value is -0.940. The standard InChI is InChI=1S/C15H25N5O2S.HI/c1-11-7-16-13(23-11)9-18-15(19-10-14(21)20(2)3)17-8-12-5-4-6-22-12;/h7,12H,4-6,8-10H2,1-3H3,(H2,17,18,19);1H. The zero-order valence-corrected chi connectivity index (χ0v) is 17.5. The van der Waals surface area contributed by atoms with Crippen molar-refractivity contribution in [3.8, 4) is 0 Å². The van der Waals surface area contributed by atoms with Gasteiger partial charge in [0.25, 0.3) is 0 Å². The van der Waals surface area contributed by atoms with Crippen molar-refractivity contribution in [2.75, 3.05) is 33.8 Å². The first-order valence-corrected chi connectivity index (χ1v) is 8.61. The van der Waals surface area contributed by atoms with Crippen LogP contribution in [-0.4, -0.2) is 61.6 Å². The van der Waals surface area contributed by atoms with E-state index in [9.17, 15) is 4.79 Å². The van der Waals surface area contributed by atoms with Gasteiger partial charge < -0.3 is 20.3 Å². The van der Waals surface area contributed by atoms with Crippen LogP contribution in [0.1, 0.15) is 22.7 Å². The molecule has 0 spiro atoms. The number of nitrogens with one attached hydrogen (secondary N) is 2. The predicted molar refractivity (Wildman–Crippen MR) is 107 cm³/mol. The maximum Gasteiger partial charge on any atom is 0.243 e. The van der Waals surface area contributed by atoms with Crippen LogP contribution in [-0.2, 0) is 16.1 Å². The number of amides is 1. The summed E-state index contributed by atoms with van der Waals surface area (Å²) in [6.45, 7) is 4.25. The molecule has 0 radical (unpaired) electrons. The number of likely N-dealkylation sites (N-methyl/N-ethyl adjacent to an activating group) is 1. The molecule has 1 fully saturated rings. The Morgan fingerprint density at radius 1 is 1.50 bits per heavy atom. The molecule has 1 aromatic rings. The van der Waals surface area contributed by atoms with Crippen molar-refractivity contribution in [1.82, 2.24) is 20.5 Å². The second-order valence-electron chi connectivity index (χ2n) is 5.69. The lowest BCUT2D eigenvalue weighted by Crippen LogP contribution is -2.41. The molecular formula is C15H26IN5O2S. The largest absolute Gasteiger partial charge is 0.376 e. The van der Waals surface area contributed by atoms with E-state index in [-0.39, 0.29) is 42.5 Å². The van der Waals surface area contributed by atoms with Crippen LogP contribution < -0.4 is 10.6 Å². The molecule has 1 saturated heterocycles. The highest BCUT2D eigenvalue weighted by Crippen LogP contribution is 2.11. The minimum atomic E-state index is -0.0340. The fourth-order valence-electron chi connectivity index (χ4n) is 2.12. The second-order valence-corrected chi connectivity index (χ2v) is 7.01. The number of aliphatic imine (C=N–C) groups is 1. The molecule has 1 aromatic heterocycles. The molecule has 1 atom stereocenters. The molecule has 9 heteroatoms. The van der Waals surface area contributed by atoms with Crippen LogP contribution in [0.4, 0.5) is 0 Å². The lowest BCUT2D eigenvalue weighted by atomic mass is 10.2. The van der Waals surface area contributed by atoms with Gasteiger partial charge in [0.1, 0.15) is 11.6 Å². The molecule has 1 aliphatic heterocycles. The Labute approximate surface area is 164 Å². The minimum Gasteiger partial charge on any atom is -0.376 e. The first-order chi connectivity index (χ1) is 11.0. The molecule has 1 amide bonds. The van der Waals surface area contributed by atoms with Crippen LogP contribution in [0.5, 0.6) is 0 Å². The summed E-state index contributed by atoms with van der Waals surface area (Å²) < 4.78 is 5.60. The van der Waals surface area contributed by atoms with Gasteiger partial charge in [-0.1, -0.05) is 0 Å². The van der Waals surface area contributed by atoms with Crippen LogP contribution in [0.2, 0.25) is 0 Å². The highest BCUT2D eigenvalue weighted by Gasteiger charge is 2.16. The van der Waals surface area contributed by atoms with E-state index in [0.29, 0.717) is 19.0 Å². The fourth-order valence-corrected chi connectivity index (χ4v) is 2.85. The third kappa shape index (κ3) is 7.31. The van der Waals surface area contributed by atoms with E-state index in [4.69, 9.17) is 4.74 Å². The van der Waals surface area contributed by atoms with Crippen LogP contribution >= 0.6 is 35.3 Å². The zero-order valence-electron chi connectivity index (χ0n) is 14.4. The second kappa shape index (κ2) is 10.8. The highest BCUT2D eigenvalue weighted by atomic mass is 127. The summed E-state index contributed by atoms with van der Waals surface area (Å²) in [5.74, 6) is 0.580. The van der Waals surface area contributed by atoms with Gasteiger partial charge in [0.15, 0.2) is 5.96 Å². The molecule has 136 valence electrons. The fraction of sp³-hybridized carbons (Fsp3) is 0.667. The van der Waals surface area contributed by atoms with Crippen LogP contribution in [0, 0.1) is 6.92 Å². The third-order valence-electron chi connectivity index (χ3n) is 3.47. The van der Waals surface area contributed by atoms with Gasteiger partial charge in [-0.2, -0.15) is 0 Å². The average Bonchev–Trinajstić information content (AvgIpc) is 3.17. The number of halogens is 1. The third-order valence-corrected chi connectivity index (χ3v) is 4.38. The number of rotatable bonds is 6. The quantitative estimate of drug-likeness (QED) is 0.376. The minimum absolute atomic E-state index is 0. The number of hydrogen-bond acceptors (Lipinski definition) is 5. The SMILES string of the molecule is Cc1cnc(CNC(=NCC(=O)N(C)C)NCC2CCCO2)s1.I. The van der Waals surface area contributed by atoms with E-state index in [2.05, 4.69) is 20.6 Å². The predicted octanol–water partition coefficient (Wildman–Crippen LogP) is 1.37. The summed E-state index contributed by atoms with van der Waals surface area (Å²) in [6.07, 6.45) is 4.23. The van der Waals surface area contributed by atoms with Crippen molar-refractivity contribution in [2.45, 2.75) is 32.4 Å². The van der Waals surface area contributed by atoms with E-state index in [1.54, 1.807) is 25.4 Å². The van der Waals surface area contributed by atoms with Gasteiger partial charge in [-0.3, -0.25) is 4.79 Å². The topological polar surface area (TPSA) is 78.9 Å². The maximum atomic E-state index is 11.7. The maximum absolute atomic E-state index is 11.7. The van der Waals surface area contributed by atoms with Crippen LogP contribution in [0.3, 0.4) is 0 Å². The molecule has 7 nitrogen and oxygen atoms in total. The average molecular weight is 467 g/mol. The van der Waals surface area contributed by atoms with Gasteiger partial charge in [0, 0.05) is 38.3 Å². The number of nitrogens with zero attached hydrogens (tertiary/aromatic N) is 3. The number of carbonyl (C=O) groups excluding carboxylic acids is 1. The van der Waals surface area contributed by atoms with Gasteiger partial charge in [0.2, 0.25) is 5.91 Å². The molecule has 2 heterocycles. The Morgan fingerprint density at radius 3 is 2.88 bits per heavy atom. The molecule has 1 unspecified atom stereocenters.